The fraction of sp³-hybridized carbons (Fsp3) is 0.533. The maximum Gasteiger partial charge on any atom is 0.414 e. The van der Waals surface area contributed by atoms with Crippen LogP contribution >= 0.6 is 0 Å². The van der Waals surface area contributed by atoms with Crippen molar-refractivity contribution >= 4 is 17.5 Å². The first-order chi connectivity index (χ1) is 8.87. The van der Waals surface area contributed by atoms with Crippen LogP contribution in [0.5, 0.6) is 0 Å². The second-order valence-electron chi connectivity index (χ2n) is 5.98. The first-order valence-corrected chi connectivity index (χ1v) is 6.76. The summed E-state index contributed by atoms with van der Waals surface area (Å²) in [5.41, 5.74) is 8.10. The van der Waals surface area contributed by atoms with Crippen molar-refractivity contribution in [1.29, 1.82) is 0 Å². The molecular weight excluding hydrogens is 240 g/mol. The Morgan fingerprint density at radius 3 is 2.74 bits per heavy atom. The van der Waals surface area contributed by atoms with Crippen molar-refractivity contribution in [3.8, 4) is 0 Å². The second kappa shape index (κ2) is 5.11. The molecule has 1 aromatic rings. The van der Waals surface area contributed by atoms with Gasteiger partial charge in [-0.25, -0.2) is 4.79 Å². The maximum absolute atomic E-state index is 12.3. The third-order valence-electron chi connectivity index (χ3n) is 3.09. The summed E-state index contributed by atoms with van der Waals surface area (Å²) in [6.07, 6.45) is 2.75. The molecule has 0 unspecified atom stereocenters. The topological polar surface area (TPSA) is 55.6 Å². The van der Waals surface area contributed by atoms with Gasteiger partial charge in [0.2, 0.25) is 0 Å². The van der Waals surface area contributed by atoms with E-state index in [1.54, 1.807) is 4.90 Å². The molecule has 1 aromatic carbocycles. The lowest BCUT2D eigenvalue weighted by Gasteiger charge is -2.27. The molecule has 0 aromatic heterocycles. The zero-order valence-corrected chi connectivity index (χ0v) is 11.9. The van der Waals surface area contributed by atoms with Gasteiger partial charge >= 0.3 is 6.09 Å². The van der Waals surface area contributed by atoms with Crippen molar-refractivity contribution in [2.45, 2.75) is 45.6 Å². The highest BCUT2D eigenvalue weighted by Gasteiger charge is 2.26. The number of fused-ring (bicyclic) bond motifs is 1. The van der Waals surface area contributed by atoms with Crippen LogP contribution in [-0.2, 0) is 11.2 Å². The van der Waals surface area contributed by atoms with Crippen LogP contribution in [-0.4, -0.2) is 18.2 Å². The third kappa shape index (κ3) is 3.40. The van der Waals surface area contributed by atoms with Crippen LogP contribution in [0, 0.1) is 0 Å². The highest BCUT2D eigenvalue weighted by Crippen LogP contribution is 2.29. The van der Waals surface area contributed by atoms with Crippen LogP contribution in [0.1, 0.15) is 39.2 Å². The average Bonchev–Trinajstić information content (AvgIpc) is 2.48. The van der Waals surface area contributed by atoms with E-state index in [9.17, 15) is 4.79 Å². The number of nitrogens with two attached hydrogens (primary N) is 1. The molecule has 0 saturated heterocycles. The molecule has 0 radical (unpaired) electrons. The Morgan fingerprint density at radius 2 is 2.05 bits per heavy atom. The SMILES string of the molecule is CC(C)(C)OC(=O)N1CCCCc2ccc(N)cc21. The molecular formula is C15H22N2O2. The number of ether oxygens (including phenoxy) is 1. The summed E-state index contributed by atoms with van der Waals surface area (Å²) in [4.78, 5) is 14.0. The quantitative estimate of drug-likeness (QED) is 0.729. The molecule has 0 bridgehead atoms. The van der Waals surface area contributed by atoms with Crippen molar-refractivity contribution in [2.75, 3.05) is 17.2 Å². The number of anilines is 2. The third-order valence-corrected chi connectivity index (χ3v) is 3.09. The zero-order valence-electron chi connectivity index (χ0n) is 11.9. The van der Waals surface area contributed by atoms with Crippen LogP contribution in [0.2, 0.25) is 0 Å². The van der Waals surface area contributed by atoms with Crippen molar-refractivity contribution in [3.05, 3.63) is 23.8 Å². The largest absolute Gasteiger partial charge is 0.443 e. The van der Waals surface area contributed by atoms with Crippen molar-refractivity contribution in [2.24, 2.45) is 0 Å². The minimum atomic E-state index is -0.482. The summed E-state index contributed by atoms with van der Waals surface area (Å²) < 4.78 is 5.48. The number of amides is 1. The van der Waals surface area contributed by atoms with Gasteiger partial charge in [0.1, 0.15) is 5.60 Å². The van der Waals surface area contributed by atoms with E-state index in [2.05, 4.69) is 0 Å². The number of aryl methyl sites for hydroxylation is 1. The fourth-order valence-corrected chi connectivity index (χ4v) is 2.26. The molecule has 1 aliphatic heterocycles. The van der Waals surface area contributed by atoms with Crippen LogP contribution in [0.4, 0.5) is 16.2 Å². The Bertz CT molecular complexity index is 478. The second-order valence-corrected chi connectivity index (χ2v) is 5.98. The minimum Gasteiger partial charge on any atom is -0.443 e. The number of carbonyl (C=O) groups excluding carboxylic acids is 1. The molecule has 2 N–H and O–H groups in total. The van der Waals surface area contributed by atoms with E-state index in [4.69, 9.17) is 10.5 Å². The van der Waals surface area contributed by atoms with E-state index in [1.807, 2.05) is 39.0 Å². The van der Waals surface area contributed by atoms with Gasteiger partial charge in [-0.15, -0.1) is 0 Å². The van der Waals surface area contributed by atoms with E-state index < -0.39 is 5.60 Å². The van der Waals surface area contributed by atoms with Crippen LogP contribution in [0.15, 0.2) is 18.2 Å². The van der Waals surface area contributed by atoms with Gasteiger partial charge < -0.3 is 10.5 Å². The molecule has 2 rings (SSSR count). The summed E-state index contributed by atoms with van der Waals surface area (Å²) in [5.74, 6) is 0. The van der Waals surface area contributed by atoms with E-state index in [0.717, 1.165) is 30.5 Å². The average molecular weight is 262 g/mol. The smallest absolute Gasteiger partial charge is 0.414 e. The number of carbonyl (C=O) groups is 1. The molecule has 19 heavy (non-hydrogen) atoms. The maximum atomic E-state index is 12.3. The summed E-state index contributed by atoms with van der Waals surface area (Å²) >= 11 is 0. The number of hydrogen-bond acceptors (Lipinski definition) is 3. The summed E-state index contributed by atoms with van der Waals surface area (Å²) in [5, 5.41) is 0. The van der Waals surface area contributed by atoms with Crippen LogP contribution in [0.3, 0.4) is 0 Å². The van der Waals surface area contributed by atoms with Gasteiger partial charge in [0.05, 0.1) is 5.69 Å². The Morgan fingerprint density at radius 1 is 1.32 bits per heavy atom. The summed E-state index contributed by atoms with van der Waals surface area (Å²) in [6.45, 7) is 6.32. The number of rotatable bonds is 0. The summed E-state index contributed by atoms with van der Waals surface area (Å²) in [7, 11) is 0. The molecule has 0 aliphatic carbocycles. The van der Waals surface area contributed by atoms with Crippen molar-refractivity contribution in [3.63, 3.8) is 0 Å². The lowest BCUT2D eigenvalue weighted by Crippen LogP contribution is -2.37. The number of nitrogens with zero attached hydrogens (tertiary/aromatic N) is 1. The molecule has 1 heterocycles. The first-order valence-electron chi connectivity index (χ1n) is 6.76. The molecule has 104 valence electrons. The number of hydrogen-bond donors (Lipinski definition) is 1. The molecule has 4 heteroatoms. The summed E-state index contributed by atoms with van der Waals surface area (Å²) in [6, 6.07) is 5.76. The molecule has 1 amide bonds. The Hall–Kier alpha value is -1.71. The molecule has 0 fully saturated rings. The first kappa shape index (κ1) is 13.7. The van der Waals surface area contributed by atoms with E-state index in [1.165, 1.54) is 0 Å². The highest BCUT2D eigenvalue weighted by molar-refractivity contribution is 5.89. The van der Waals surface area contributed by atoms with Gasteiger partial charge in [0, 0.05) is 12.2 Å². The normalized spacial score (nSPS) is 15.6. The lowest BCUT2D eigenvalue weighted by molar-refractivity contribution is 0.0580. The van der Waals surface area contributed by atoms with Gasteiger partial charge in [-0.3, -0.25) is 4.90 Å². The Labute approximate surface area is 114 Å². The fourth-order valence-electron chi connectivity index (χ4n) is 2.26. The van der Waals surface area contributed by atoms with E-state index in [0.29, 0.717) is 12.2 Å². The van der Waals surface area contributed by atoms with Gasteiger partial charge in [0.15, 0.2) is 0 Å². The van der Waals surface area contributed by atoms with Gasteiger partial charge in [-0.1, -0.05) is 6.07 Å². The molecule has 4 nitrogen and oxygen atoms in total. The van der Waals surface area contributed by atoms with Gasteiger partial charge in [0.25, 0.3) is 0 Å². The van der Waals surface area contributed by atoms with Crippen molar-refractivity contribution in [1.82, 2.24) is 0 Å². The minimum absolute atomic E-state index is 0.291. The predicted molar refractivity (Wildman–Crippen MR) is 77.4 cm³/mol. The lowest BCUT2D eigenvalue weighted by atomic mass is 10.1. The molecule has 1 aliphatic rings. The standard InChI is InChI=1S/C15H22N2O2/c1-15(2,3)19-14(18)17-9-5-4-6-11-7-8-12(16)10-13(11)17/h7-8,10H,4-6,9,16H2,1-3H3. The zero-order chi connectivity index (χ0) is 14.0. The van der Waals surface area contributed by atoms with Crippen molar-refractivity contribution < 1.29 is 9.53 Å². The van der Waals surface area contributed by atoms with Crippen LogP contribution in [0.25, 0.3) is 0 Å². The molecule has 0 saturated carbocycles. The number of nitrogen functional groups attached to an aromatic ring is 1. The van der Waals surface area contributed by atoms with E-state index in [-0.39, 0.29) is 6.09 Å². The highest BCUT2D eigenvalue weighted by atomic mass is 16.6. The van der Waals surface area contributed by atoms with E-state index >= 15 is 0 Å². The molecule has 0 spiro atoms. The monoisotopic (exact) mass is 262 g/mol. The molecule has 0 atom stereocenters. The Kier molecular flexibility index (Phi) is 3.69. The number of benzene rings is 1. The van der Waals surface area contributed by atoms with Gasteiger partial charge in [-0.2, -0.15) is 0 Å². The van der Waals surface area contributed by atoms with Gasteiger partial charge in [-0.05, 0) is 57.7 Å². The predicted octanol–water partition coefficient (Wildman–Crippen LogP) is 3.35. The Balaban J connectivity index is 2.31. The van der Waals surface area contributed by atoms with Crippen LogP contribution < -0.4 is 10.6 Å².